The SMILES string of the molecule is Cc1ccc(C(=O)N2CCC(NS(=O)(=O)c3cccs3)CC2)o1. The van der Waals surface area contributed by atoms with Crippen molar-refractivity contribution in [2.45, 2.75) is 30.0 Å². The van der Waals surface area contributed by atoms with Crippen LogP contribution in [0.1, 0.15) is 29.2 Å². The van der Waals surface area contributed by atoms with Gasteiger partial charge in [-0.3, -0.25) is 4.79 Å². The fourth-order valence-electron chi connectivity index (χ4n) is 2.60. The number of furan rings is 1. The third kappa shape index (κ3) is 3.65. The van der Waals surface area contributed by atoms with Crippen LogP contribution in [0.25, 0.3) is 0 Å². The van der Waals surface area contributed by atoms with Gasteiger partial charge in [-0.2, -0.15) is 0 Å². The predicted octanol–water partition coefficient (Wildman–Crippen LogP) is 2.23. The molecule has 6 nitrogen and oxygen atoms in total. The van der Waals surface area contributed by atoms with Gasteiger partial charge in [-0.25, -0.2) is 13.1 Å². The van der Waals surface area contributed by atoms with Gasteiger partial charge in [0.15, 0.2) is 5.76 Å². The second kappa shape index (κ2) is 6.46. The summed E-state index contributed by atoms with van der Waals surface area (Å²) < 4.78 is 32.8. The van der Waals surface area contributed by atoms with Crippen LogP contribution in [0, 0.1) is 6.92 Å². The molecule has 2 aromatic heterocycles. The molecule has 1 saturated heterocycles. The van der Waals surface area contributed by atoms with Crippen molar-refractivity contribution < 1.29 is 17.6 Å². The lowest BCUT2D eigenvalue weighted by Crippen LogP contribution is -2.46. The maximum absolute atomic E-state index is 12.3. The van der Waals surface area contributed by atoms with Gasteiger partial charge < -0.3 is 9.32 Å². The van der Waals surface area contributed by atoms with Gasteiger partial charge in [0.25, 0.3) is 5.91 Å². The van der Waals surface area contributed by atoms with Gasteiger partial charge in [0.1, 0.15) is 9.97 Å². The highest BCUT2D eigenvalue weighted by molar-refractivity contribution is 7.91. The van der Waals surface area contributed by atoms with Gasteiger partial charge in [-0.05, 0) is 43.3 Å². The molecule has 1 amide bonds. The number of nitrogens with zero attached hydrogens (tertiary/aromatic N) is 1. The number of carbonyl (C=O) groups excluding carboxylic acids is 1. The first-order valence-corrected chi connectivity index (χ1v) is 9.73. The molecule has 0 atom stereocenters. The van der Waals surface area contributed by atoms with Crippen molar-refractivity contribution in [1.29, 1.82) is 0 Å². The van der Waals surface area contributed by atoms with Crippen molar-refractivity contribution in [2.24, 2.45) is 0 Å². The maximum atomic E-state index is 12.3. The Kier molecular flexibility index (Phi) is 4.56. The van der Waals surface area contributed by atoms with Crippen LogP contribution in [0.2, 0.25) is 0 Å². The highest BCUT2D eigenvalue weighted by atomic mass is 32.2. The number of likely N-dealkylation sites (tertiary alicyclic amines) is 1. The van der Waals surface area contributed by atoms with Crippen molar-refractivity contribution in [1.82, 2.24) is 9.62 Å². The van der Waals surface area contributed by atoms with E-state index in [1.807, 2.05) is 0 Å². The first-order valence-electron chi connectivity index (χ1n) is 7.37. The van der Waals surface area contributed by atoms with Crippen LogP contribution in [0.15, 0.2) is 38.3 Å². The summed E-state index contributed by atoms with van der Waals surface area (Å²) in [5.41, 5.74) is 0. The van der Waals surface area contributed by atoms with Crippen LogP contribution < -0.4 is 4.72 Å². The molecule has 0 aliphatic carbocycles. The normalized spacial score (nSPS) is 16.7. The summed E-state index contributed by atoms with van der Waals surface area (Å²) in [6.07, 6.45) is 1.19. The second-order valence-electron chi connectivity index (χ2n) is 5.53. The molecule has 2 aromatic rings. The molecule has 3 rings (SSSR count). The van der Waals surface area contributed by atoms with E-state index in [4.69, 9.17) is 4.42 Å². The maximum Gasteiger partial charge on any atom is 0.289 e. The molecular formula is C15H18N2O4S2. The van der Waals surface area contributed by atoms with Gasteiger partial charge in [0, 0.05) is 19.1 Å². The monoisotopic (exact) mass is 354 g/mol. The van der Waals surface area contributed by atoms with Crippen molar-refractivity contribution in [2.75, 3.05) is 13.1 Å². The predicted molar refractivity (Wildman–Crippen MR) is 87.0 cm³/mol. The smallest absolute Gasteiger partial charge is 0.289 e. The molecule has 8 heteroatoms. The van der Waals surface area contributed by atoms with Crippen LogP contribution in [-0.2, 0) is 10.0 Å². The molecule has 1 fully saturated rings. The lowest BCUT2D eigenvalue weighted by atomic mass is 10.1. The zero-order valence-corrected chi connectivity index (χ0v) is 14.3. The number of piperidine rings is 1. The Morgan fingerprint density at radius 1 is 1.30 bits per heavy atom. The van der Waals surface area contributed by atoms with Crippen LogP contribution in [0.5, 0.6) is 0 Å². The zero-order chi connectivity index (χ0) is 16.4. The number of thiophene rings is 1. The Hall–Kier alpha value is -1.64. The molecule has 1 aliphatic rings. The summed E-state index contributed by atoms with van der Waals surface area (Å²) >= 11 is 1.20. The number of carbonyl (C=O) groups is 1. The van der Waals surface area contributed by atoms with Gasteiger partial charge >= 0.3 is 0 Å². The molecular weight excluding hydrogens is 336 g/mol. The standard InChI is InChI=1S/C15H18N2O4S2/c1-11-4-5-13(21-11)15(18)17-8-6-12(7-9-17)16-23(19,20)14-3-2-10-22-14/h2-5,10,12,16H,6-9H2,1H3. The molecule has 0 aromatic carbocycles. The number of sulfonamides is 1. The highest BCUT2D eigenvalue weighted by Gasteiger charge is 2.28. The average molecular weight is 354 g/mol. The number of nitrogens with one attached hydrogen (secondary N) is 1. The van der Waals surface area contributed by atoms with E-state index in [-0.39, 0.29) is 11.9 Å². The van der Waals surface area contributed by atoms with Crippen LogP contribution in [-0.4, -0.2) is 38.4 Å². The minimum atomic E-state index is -3.46. The lowest BCUT2D eigenvalue weighted by Gasteiger charge is -2.31. The largest absolute Gasteiger partial charge is 0.456 e. The average Bonchev–Trinajstić information content (AvgIpc) is 3.18. The van der Waals surface area contributed by atoms with E-state index in [0.29, 0.717) is 41.7 Å². The molecule has 1 N–H and O–H groups in total. The number of rotatable bonds is 4. The molecule has 23 heavy (non-hydrogen) atoms. The molecule has 0 radical (unpaired) electrons. The zero-order valence-electron chi connectivity index (χ0n) is 12.7. The van der Waals surface area contributed by atoms with Gasteiger partial charge in [0.05, 0.1) is 0 Å². The van der Waals surface area contributed by atoms with Gasteiger partial charge in [-0.1, -0.05) is 6.07 Å². The van der Waals surface area contributed by atoms with E-state index in [1.54, 1.807) is 41.5 Å². The summed E-state index contributed by atoms with van der Waals surface area (Å²) in [4.78, 5) is 14.0. The summed E-state index contributed by atoms with van der Waals surface area (Å²) in [5.74, 6) is 0.893. The van der Waals surface area contributed by atoms with E-state index in [2.05, 4.69) is 4.72 Å². The second-order valence-corrected chi connectivity index (χ2v) is 8.42. The first-order chi connectivity index (χ1) is 11.0. The quantitative estimate of drug-likeness (QED) is 0.913. The van der Waals surface area contributed by atoms with E-state index >= 15 is 0 Å². The highest BCUT2D eigenvalue weighted by Crippen LogP contribution is 2.20. The third-order valence-corrected chi connectivity index (χ3v) is 6.73. The lowest BCUT2D eigenvalue weighted by molar-refractivity contribution is 0.0678. The van der Waals surface area contributed by atoms with Gasteiger partial charge in [-0.15, -0.1) is 11.3 Å². The summed E-state index contributed by atoms with van der Waals surface area (Å²) in [6.45, 7) is 2.81. The summed E-state index contributed by atoms with van der Waals surface area (Å²) in [7, 11) is -3.46. The number of hydrogen-bond acceptors (Lipinski definition) is 5. The summed E-state index contributed by atoms with van der Waals surface area (Å²) in [6, 6.07) is 6.58. The van der Waals surface area contributed by atoms with Gasteiger partial charge in [0.2, 0.25) is 10.0 Å². The minimum Gasteiger partial charge on any atom is -0.456 e. The Morgan fingerprint density at radius 3 is 2.61 bits per heavy atom. The van der Waals surface area contributed by atoms with Crippen LogP contribution in [0.3, 0.4) is 0 Å². The third-order valence-electron chi connectivity index (χ3n) is 3.82. The Labute approximate surface area is 139 Å². The molecule has 0 unspecified atom stereocenters. The summed E-state index contributed by atoms with van der Waals surface area (Å²) in [5, 5.41) is 1.74. The van der Waals surface area contributed by atoms with E-state index in [1.165, 1.54) is 11.3 Å². The molecule has 0 bridgehead atoms. The topological polar surface area (TPSA) is 79.6 Å². The number of aryl methyl sites for hydroxylation is 1. The minimum absolute atomic E-state index is 0.141. The molecule has 3 heterocycles. The van der Waals surface area contributed by atoms with Crippen molar-refractivity contribution in [3.8, 4) is 0 Å². The Bertz CT molecular complexity index is 772. The van der Waals surface area contributed by atoms with Crippen molar-refractivity contribution in [3.05, 3.63) is 41.2 Å². The van der Waals surface area contributed by atoms with Crippen molar-refractivity contribution in [3.63, 3.8) is 0 Å². The van der Waals surface area contributed by atoms with E-state index < -0.39 is 10.0 Å². The number of hydrogen-bond donors (Lipinski definition) is 1. The van der Waals surface area contributed by atoms with Crippen molar-refractivity contribution >= 4 is 27.3 Å². The molecule has 124 valence electrons. The Balaban J connectivity index is 1.57. The van der Waals surface area contributed by atoms with Crippen LogP contribution >= 0.6 is 11.3 Å². The molecule has 0 spiro atoms. The first kappa shape index (κ1) is 16.2. The number of amides is 1. The fraction of sp³-hybridized carbons (Fsp3) is 0.400. The van der Waals surface area contributed by atoms with Crippen LogP contribution in [0.4, 0.5) is 0 Å². The Morgan fingerprint density at radius 2 is 2.04 bits per heavy atom. The van der Waals surface area contributed by atoms with E-state index in [0.717, 1.165) is 0 Å². The fourth-order valence-corrected chi connectivity index (χ4v) is 4.91. The molecule has 1 aliphatic heterocycles. The van der Waals surface area contributed by atoms with E-state index in [9.17, 15) is 13.2 Å². The molecule has 0 saturated carbocycles.